The number of benzene rings is 2. The second-order valence-corrected chi connectivity index (χ2v) is 7.03. The highest BCUT2D eigenvalue weighted by molar-refractivity contribution is 6.31. The Morgan fingerprint density at radius 3 is 2.85 bits per heavy atom. The van der Waals surface area contributed by atoms with Crippen molar-refractivity contribution in [3.63, 3.8) is 0 Å². The first-order chi connectivity index (χ1) is 13.0. The minimum absolute atomic E-state index is 0.160. The largest absolute Gasteiger partial charge is 0.324 e. The molecule has 4 rings (SSSR count). The average Bonchev–Trinajstić information content (AvgIpc) is 3.19. The molecule has 2 aromatic carbocycles. The number of fused-ring (bicyclic) bond motifs is 2. The van der Waals surface area contributed by atoms with Gasteiger partial charge in [-0.1, -0.05) is 24.9 Å². The number of aryl methyl sites for hydroxylation is 1. The number of aromatic nitrogens is 4. The number of unbranched alkanes of at least 4 members (excludes halogenated alkanes) is 1. The van der Waals surface area contributed by atoms with E-state index in [1.165, 1.54) is 0 Å². The molecule has 4 aromatic rings. The molecule has 2 aromatic heterocycles. The normalized spacial score (nSPS) is 11.4. The molecule has 0 saturated carbocycles. The molecular formula is C20H20ClN5O. The van der Waals surface area contributed by atoms with Crippen LogP contribution in [0.25, 0.3) is 22.1 Å². The van der Waals surface area contributed by atoms with Gasteiger partial charge in [-0.05, 0) is 42.8 Å². The van der Waals surface area contributed by atoms with Crippen molar-refractivity contribution in [2.75, 3.05) is 5.32 Å². The highest BCUT2D eigenvalue weighted by Crippen LogP contribution is 2.24. The molecule has 2 N–H and O–H groups in total. The summed E-state index contributed by atoms with van der Waals surface area (Å²) < 4.78 is 1.94. The van der Waals surface area contributed by atoms with Crippen molar-refractivity contribution in [1.82, 2.24) is 19.5 Å². The van der Waals surface area contributed by atoms with Crippen molar-refractivity contribution in [2.24, 2.45) is 7.05 Å². The summed E-state index contributed by atoms with van der Waals surface area (Å²) in [4.78, 5) is 24.6. The molecule has 0 fully saturated rings. The van der Waals surface area contributed by atoms with E-state index in [1.54, 1.807) is 6.07 Å². The van der Waals surface area contributed by atoms with Gasteiger partial charge in [-0.2, -0.15) is 0 Å². The molecule has 7 heteroatoms. The zero-order valence-corrected chi connectivity index (χ0v) is 16.0. The minimum Gasteiger partial charge on any atom is -0.324 e. The average molecular weight is 382 g/mol. The van der Waals surface area contributed by atoms with Crippen LogP contribution >= 0.6 is 11.6 Å². The molecule has 138 valence electrons. The second-order valence-electron chi connectivity index (χ2n) is 6.60. The Morgan fingerprint density at radius 2 is 2.04 bits per heavy atom. The number of carbonyl (C=O) groups is 1. The van der Waals surface area contributed by atoms with Gasteiger partial charge in [0.05, 0.1) is 22.1 Å². The van der Waals surface area contributed by atoms with E-state index in [4.69, 9.17) is 11.6 Å². The van der Waals surface area contributed by atoms with Gasteiger partial charge in [0.25, 0.3) is 0 Å². The first kappa shape index (κ1) is 17.5. The summed E-state index contributed by atoms with van der Waals surface area (Å²) in [6, 6.07) is 11.2. The fourth-order valence-electron chi connectivity index (χ4n) is 3.11. The molecular weight excluding hydrogens is 362 g/mol. The fraction of sp³-hybridized carbons (Fsp3) is 0.250. The number of aromatic amines is 1. The second kappa shape index (κ2) is 7.04. The van der Waals surface area contributed by atoms with Crippen molar-refractivity contribution in [1.29, 1.82) is 0 Å². The monoisotopic (exact) mass is 381 g/mol. The number of carbonyl (C=O) groups excluding carboxylic acids is 1. The van der Waals surface area contributed by atoms with Gasteiger partial charge < -0.3 is 9.55 Å². The molecule has 2 heterocycles. The van der Waals surface area contributed by atoms with Crippen LogP contribution in [0.1, 0.15) is 36.5 Å². The number of hydrogen-bond donors (Lipinski definition) is 2. The topological polar surface area (TPSA) is 75.6 Å². The van der Waals surface area contributed by atoms with Crippen LogP contribution in [0.2, 0.25) is 5.02 Å². The lowest BCUT2D eigenvalue weighted by molar-refractivity contribution is 0.0980. The molecule has 0 aliphatic rings. The van der Waals surface area contributed by atoms with E-state index in [2.05, 4.69) is 27.2 Å². The lowest BCUT2D eigenvalue weighted by Crippen LogP contribution is -2.00. The quantitative estimate of drug-likeness (QED) is 0.449. The van der Waals surface area contributed by atoms with Crippen molar-refractivity contribution in [3.8, 4) is 0 Å². The standard InChI is InChI=1S/C20H20ClN5O/c1-3-4-5-18(27)12-6-9-17-16(10-12)24-20(26(17)2)25-19-22-14-8-7-13(21)11-15(14)23-19/h6-11H,3-5H2,1-2H3,(H2,22,23,24,25). The van der Waals surface area contributed by atoms with E-state index in [-0.39, 0.29) is 5.78 Å². The van der Waals surface area contributed by atoms with Crippen molar-refractivity contribution in [2.45, 2.75) is 26.2 Å². The number of imidazole rings is 2. The summed E-state index contributed by atoms with van der Waals surface area (Å²) in [5, 5.41) is 3.86. The molecule has 0 amide bonds. The lowest BCUT2D eigenvalue weighted by Gasteiger charge is -2.03. The number of anilines is 2. The lowest BCUT2D eigenvalue weighted by atomic mass is 10.1. The van der Waals surface area contributed by atoms with Crippen LogP contribution in [0.15, 0.2) is 36.4 Å². The minimum atomic E-state index is 0.160. The highest BCUT2D eigenvalue weighted by Gasteiger charge is 2.13. The van der Waals surface area contributed by atoms with Gasteiger partial charge in [-0.15, -0.1) is 0 Å². The first-order valence-electron chi connectivity index (χ1n) is 8.97. The maximum atomic E-state index is 12.3. The Morgan fingerprint density at radius 1 is 1.19 bits per heavy atom. The van der Waals surface area contributed by atoms with Crippen LogP contribution < -0.4 is 5.32 Å². The molecule has 0 aliphatic heterocycles. The number of ketones is 1. The van der Waals surface area contributed by atoms with Crippen LogP contribution in [0.3, 0.4) is 0 Å². The maximum Gasteiger partial charge on any atom is 0.210 e. The van der Waals surface area contributed by atoms with Gasteiger partial charge in [-0.3, -0.25) is 10.1 Å². The van der Waals surface area contributed by atoms with E-state index in [0.29, 0.717) is 28.9 Å². The first-order valence-corrected chi connectivity index (χ1v) is 9.35. The Kier molecular flexibility index (Phi) is 4.58. The van der Waals surface area contributed by atoms with Gasteiger partial charge >= 0.3 is 0 Å². The van der Waals surface area contributed by atoms with Crippen LogP contribution in [-0.4, -0.2) is 25.3 Å². The summed E-state index contributed by atoms with van der Waals surface area (Å²) in [6.45, 7) is 2.08. The van der Waals surface area contributed by atoms with Crippen molar-refractivity contribution in [3.05, 3.63) is 47.0 Å². The fourth-order valence-corrected chi connectivity index (χ4v) is 3.29. The zero-order valence-electron chi connectivity index (χ0n) is 15.2. The predicted octanol–water partition coefficient (Wildman–Crippen LogP) is 5.22. The third-order valence-electron chi connectivity index (χ3n) is 4.63. The maximum absolute atomic E-state index is 12.3. The third-order valence-corrected chi connectivity index (χ3v) is 4.87. The predicted molar refractivity (Wildman–Crippen MR) is 109 cm³/mol. The Bertz CT molecular complexity index is 1140. The summed E-state index contributed by atoms with van der Waals surface area (Å²) in [7, 11) is 1.93. The number of nitrogens with one attached hydrogen (secondary N) is 2. The van der Waals surface area contributed by atoms with Gasteiger partial charge in [0.15, 0.2) is 5.78 Å². The number of halogens is 1. The molecule has 0 saturated heterocycles. The van der Waals surface area contributed by atoms with Gasteiger partial charge in [0, 0.05) is 24.1 Å². The van der Waals surface area contributed by atoms with Crippen molar-refractivity contribution < 1.29 is 4.79 Å². The summed E-state index contributed by atoms with van der Waals surface area (Å²) in [5.74, 6) is 1.39. The number of Topliss-reactive ketones (excluding diaryl/α,β-unsaturated/α-hetero) is 1. The van der Waals surface area contributed by atoms with Gasteiger partial charge in [0.2, 0.25) is 11.9 Å². The van der Waals surface area contributed by atoms with E-state index in [0.717, 1.165) is 34.9 Å². The third kappa shape index (κ3) is 3.40. The Balaban J connectivity index is 1.64. The summed E-state index contributed by atoms with van der Waals surface area (Å²) >= 11 is 6.03. The van der Waals surface area contributed by atoms with E-state index in [9.17, 15) is 4.79 Å². The summed E-state index contributed by atoms with van der Waals surface area (Å²) in [5.41, 5.74) is 4.11. The number of nitrogens with zero attached hydrogens (tertiary/aromatic N) is 3. The van der Waals surface area contributed by atoms with Crippen LogP contribution in [0, 0.1) is 0 Å². The van der Waals surface area contributed by atoms with Crippen molar-refractivity contribution >= 4 is 51.3 Å². The molecule has 0 atom stereocenters. The van der Waals surface area contributed by atoms with Crippen LogP contribution in [0.4, 0.5) is 11.9 Å². The number of hydrogen-bond acceptors (Lipinski definition) is 4. The Hall–Kier alpha value is -2.86. The number of rotatable bonds is 6. The number of H-pyrrole nitrogens is 1. The molecule has 0 radical (unpaired) electrons. The van der Waals surface area contributed by atoms with E-state index >= 15 is 0 Å². The molecule has 0 unspecified atom stereocenters. The molecule has 0 bridgehead atoms. The van der Waals surface area contributed by atoms with Gasteiger partial charge in [-0.25, -0.2) is 9.97 Å². The Labute approximate surface area is 161 Å². The van der Waals surface area contributed by atoms with E-state index < -0.39 is 0 Å². The van der Waals surface area contributed by atoms with Crippen LogP contribution in [0.5, 0.6) is 0 Å². The molecule has 27 heavy (non-hydrogen) atoms. The van der Waals surface area contributed by atoms with Crippen LogP contribution in [-0.2, 0) is 7.05 Å². The molecule has 0 aliphatic carbocycles. The molecule has 6 nitrogen and oxygen atoms in total. The summed E-state index contributed by atoms with van der Waals surface area (Å²) in [6.07, 6.45) is 2.48. The highest BCUT2D eigenvalue weighted by atomic mass is 35.5. The van der Waals surface area contributed by atoms with Gasteiger partial charge in [0.1, 0.15) is 0 Å². The SMILES string of the molecule is CCCCC(=O)c1ccc2c(c1)nc(Nc1nc3ccc(Cl)cc3[nH]1)n2C. The molecule has 0 spiro atoms. The smallest absolute Gasteiger partial charge is 0.210 e. The zero-order chi connectivity index (χ0) is 19.0. The van der Waals surface area contributed by atoms with E-state index in [1.807, 2.05) is 41.9 Å².